The molecule has 2 unspecified atom stereocenters. The smallest absolute Gasteiger partial charge is 0.469 e. The van der Waals surface area contributed by atoms with Gasteiger partial charge in [0.1, 0.15) is 12.1 Å². The Hall–Kier alpha value is -1.11. The van der Waals surface area contributed by atoms with Crippen molar-refractivity contribution in [1.29, 1.82) is 0 Å². The minimum Gasteiger partial charge on any atom is -0.481 e. The lowest BCUT2D eigenvalue weighted by Gasteiger charge is -2.11. The number of aliphatic hydroxyl groups excluding tert-OH is 2. The summed E-state index contributed by atoms with van der Waals surface area (Å²) in [4.78, 5) is 36.6. The molecule has 0 aliphatic heterocycles. The van der Waals surface area contributed by atoms with Crippen molar-refractivity contribution in [1.82, 2.24) is 0 Å². The lowest BCUT2D eigenvalue weighted by molar-refractivity contribution is -0.139. The highest BCUT2D eigenvalue weighted by atomic mass is 31.2. The SMILES string of the molecule is CCCCCCCCCCCCCCCC(=O)O.CCCCCOCC(O)COP(=O)(O)O.NC(CO)C(=O)O. The molecule has 0 aliphatic carbocycles. The fourth-order valence-corrected chi connectivity index (χ4v) is 3.64. The zero-order chi connectivity index (χ0) is 31.1. The number of carboxylic acid groups (broad SMARTS) is 2. The maximum atomic E-state index is 10.3. The van der Waals surface area contributed by atoms with Gasteiger partial charge in [-0.15, -0.1) is 0 Å². The zero-order valence-electron chi connectivity index (χ0n) is 24.8. The van der Waals surface area contributed by atoms with Crippen LogP contribution in [0.5, 0.6) is 0 Å². The molecule has 0 heterocycles. The molecular weight excluding hydrogens is 545 g/mol. The Balaban J connectivity index is -0.000000560. The van der Waals surface area contributed by atoms with Crippen LogP contribution in [0.4, 0.5) is 0 Å². The van der Waals surface area contributed by atoms with Crippen LogP contribution in [0.15, 0.2) is 0 Å². The van der Waals surface area contributed by atoms with Gasteiger partial charge in [0.05, 0.1) is 19.8 Å². The Kier molecular flexibility index (Phi) is 35.1. The third kappa shape index (κ3) is 43.9. The van der Waals surface area contributed by atoms with E-state index in [4.69, 9.17) is 35.6 Å². The van der Waals surface area contributed by atoms with Gasteiger partial charge in [-0.05, 0) is 12.8 Å². The number of hydrogen-bond donors (Lipinski definition) is 7. The molecule has 12 nitrogen and oxygen atoms in total. The van der Waals surface area contributed by atoms with E-state index in [0.29, 0.717) is 13.0 Å². The Morgan fingerprint density at radius 3 is 1.52 bits per heavy atom. The molecule has 0 saturated heterocycles. The van der Waals surface area contributed by atoms with Crippen molar-refractivity contribution in [3.05, 3.63) is 0 Å². The van der Waals surface area contributed by atoms with Gasteiger partial charge in [0.15, 0.2) is 0 Å². The lowest BCUT2D eigenvalue weighted by Crippen LogP contribution is -2.33. The highest BCUT2D eigenvalue weighted by molar-refractivity contribution is 7.46. The third-order valence-electron chi connectivity index (χ3n) is 5.65. The van der Waals surface area contributed by atoms with Gasteiger partial charge >= 0.3 is 19.8 Å². The van der Waals surface area contributed by atoms with Crippen molar-refractivity contribution >= 4 is 19.8 Å². The number of ether oxygens (including phenoxy) is 1. The van der Waals surface area contributed by atoms with Crippen LogP contribution < -0.4 is 5.73 Å². The standard InChI is InChI=1S/C16H32O2.C8H19O6P.C3H7NO3/c1-2-3-4-5-6-7-8-9-10-11-12-13-14-15-16(17)18;1-2-3-4-5-13-6-8(9)7-14-15(10,11)12;4-2(1-5)3(6)7/h2-15H2,1H3,(H,17,18);8-9H,2-7H2,1H3,(H2,10,11,12);2,5H,1,4H2,(H,6,7). The molecule has 2 atom stereocenters. The third-order valence-corrected chi connectivity index (χ3v) is 6.13. The highest BCUT2D eigenvalue weighted by Gasteiger charge is 2.16. The molecule has 0 fully saturated rings. The molecule has 0 aromatic heterocycles. The van der Waals surface area contributed by atoms with E-state index >= 15 is 0 Å². The molecular formula is C27H58NO11P. The minimum absolute atomic E-state index is 0.0315. The van der Waals surface area contributed by atoms with Crippen LogP contribution in [-0.2, 0) is 23.4 Å². The van der Waals surface area contributed by atoms with Crippen molar-refractivity contribution < 1.29 is 53.6 Å². The second-order valence-electron chi connectivity index (χ2n) is 9.74. The number of carbonyl (C=O) groups is 2. The largest absolute Gasteiger partial charge is 0.481 e. The van der Waals surface area contributed by atoms with Gasteiger partial charge in [-0.25, -0.2) is 4.57 Å². The molecule has 0 aliphatic rings. The predicted molar refractivity (Wildman–Crippen MR) is 155 cm³/mol. The molecule has 0 aromatic carbocycles. The van der Waals surface area contributed by atoms with E-state index in [1.54, 1.807) is 0 Å². The van der Waals surface area contributed by atoms with Gasteiger partial charge < -0.3 is 40.7 Å². The quantitative estimate of drug-likeness (QED) is 0.0562. The van der Waals surface area contributed by atoms with E-state index in [-0.39, 0.29) is 6.61 Å². The summed E-state index contributed by atoms with van der Waals surface area (Å²) in [6.07, 6.45) is 19.3. The van der Waals surface area contributed by atoms with E-state index in [2.05, 4.69) is 18.4 Å². The second kappa shape index (κ2) is 32.4. The molecule has 8 N–H and O–H groups in total. The Bertz CT molecular complexity index is 605. The average molecular weight is 604 g/mol. The average Bonchev–Trinajstić information content (AvgIpc) is 2.89. The van der Waals surface area contributed by atoms with E-state index in [9.17, 15) is 19.3 Å². The monoisotopic (exact) mass is 603 g/mol. The minimum atomic E-state index is -4.48. The van der Waals surface area contributed by atoms with Crippen molar-refractivity contribution in [2.75, 3.05) is 26.4 Å². The number of rotatable bonds is 25. The fourth-order valence-electron chi connectivity index (χ4n) is 3.28. The number of phosphoric ester groups is 1. The summed E-state index contributed by atoms with van der Waals surface area (Å²) in [5.41, 5.74) is 4.77. The van der Waals surface area contributed by atoms with Crippen molar-refractivity contribution in [2.24, 2.45) is 5.73 Å². The van der Waals surface area contributed by atoms with E-state index in [1.165, 1.54) is 70.6 Å². The Labute approximate surface area is 240 Å². The molecule has 0 radical (unpaired) electrons. The molecule has 0 amide bonds. The topological polar surface area (TPSA) is 217 Å². The molecule has 242 valence electrons. The Morgan fingerprint density at radius 2 is 1.18 bits per heavy atom. The summed E-state index contributed by atoms with van der Waals surface area (Å²) in [5.74, 6) is -1.83. The van der Waals surface area contributed by atoms with Crippen LogP contribution in [0.3, 0.4) is 0 Å². The summed E-state index contributed by atoms with van der Waals surface area (Å²) in [7, 11) is -4.48. The first kappa shape index (κ1) is 43.3. The fraction of sp³-hybridized carbons (Fsp3) is 0.926. The number of phosphoric acid groups is 1. The van der Waals surface area contributed by atoms with Crippen molar-refractivity contribution in [2.45, 2.75) is 135 Å². The summed E-state index contributed by atoms with van der Waals surface area (Å²) in [5, 5.41) is 33.6. The van der Waals surface area contributed by atoms with Crippen LogP contribution in [0, 0.1) is 0 Å². The van der Waals surface area contributed by atoms with Gasteiger partial charge in [-0.1, -0.05) is 104 Å². The molecule has 13 heteroatoms. The summed E-state index contributed by atoms with van der Waals surface area (Å²) >= 11 is 0. The molecule has 0 spiro atoms. The van der Waals surface area contributed by atoms with Crippen LogP contribution >= 0.6 is 7.82 Å². The van der Waals surface area contributed by atoms with Gasteiger partial charge in [0.25, 0.3) is 0 Å². The first-order valence-corrected chi connectivity index (χ1v) is 16.2. The lowest BCUT2D eigenvalue weighted by atomic mass is 10.0. The molecule has 0 saturated carbocycles. The first-order valence-electron chi connectivity index (χ1n) is 14.7. The summed E-state index contributed by atoms with van der Waals surface area (Å²) in [6.45, 7) is 3.98. The summed E-state index contributed by atoms with van der Waals surface area (Å²) in [6, 6.07) is -1.13. The number of aliphatic hydroxyl groups is 2. The van der Waals surface area contributed by atoms with E-state index in [1.807, 2.05) is 0 Å². The molecule has 0 aromatic rings. The maximum Gasteiger partial charge on any atom is 0.469 e. The number of nitrogens with two attached hydrogens (primary N) is 1. The number of carboxylic acids is 2. The normalized spacial score (nSPS) is 12.5. The summed E-state index contributed by atoms with van der Waals surface area (Å²) < 4.78 is 19.5. The van der Waals surface area contributed by atoms with Crippen molar-refractivity contribution in [3.63, 3.8) is 0 Å². The molecule has 40 heavy (non-hydrogen) atoms. The number of unbranched alkanes of at least 4 members (excludes halogenated alkanes) is 14. The molecule has 0 rings (SSSR count). The van der Waals surface area contributed by atoms with Crippen molar-refractivity contribution in [3.8, 4) is 0 Å². The molecule has 0 bridgehead atoms. The van der Waals surface area contributed by atoms with E-state index < -0.39 is 45.1 Å². The van der Waals surface area contributed by atoms with Gasteiger partial charge in [-0.3, -0.25) is 14.1 Å². The number of aliphatic carboxylic acids is 2. The van der Waals surface area contributed by atoms with Crippen LogP contribution in [0.2, 0.25) is 0 Å². The number of hydrogen-bond acceptors (Lipinski definition) is 8. The van der Waals surface area contributed by atoms with Crippen LogP contribution in [0.1, 0.15) is 123 Å². The van der Waals surface area contributed by atoms with Gasteiger partial charge in [0.2, 0.25) is 0 Å². The van der Waals surface area contributed by atoms with Crippen LogP contribution in [0.25, 0.3) is 0 Å². The zero-order valence-corrected chi connectivity index (χ0v) is 25.6. The van der Waals surface area contributed by atoms with Gasteiger partial charge in [-0.2, -0.15) is 0 Å². The Morgan fingerprint density at radius 1 is 0.750 bits per heavy atom. The first-order chi connectivity index (χ1) is 18.9. The second-order valence-corrected chi connectivity index (χ2v) is 11.0. The highest BCUT2D eigenvalue weighted by Crippen LogP contribution is 2.35. The predicted octanol–water partition coefficient (Wildman–Crippen LogP) is 4.61. The van der Waals surface area contributed by atoms with Gasteiger partial charge in [0, 0.05) is 13.0 Å². The maximum absolute atomic E-state index is 10.3. The van der Waals surface area contributed by atoms with Crippen LogP contribution in [-0.4, -0.2) is 80.7 Å². The van der Waals surface area contributed by atoms with E-state index in [0.717, 1.165) is 32.1 Å².